The second-order valence-corrected chi connectivity index (χ2v) is 24.2. The zero-order valence-corrected chi connectivity index (χ0v) is 52.5. The van der Waals surface area contributed by atoms with Crippen LogP contribution in [0.4, 0.5) is 0 Å². The minimum Gasteiger partial charge on any atom is -0.462 e. The summed E-state index contributed by atoms with van der Waals surface area (Å²) in [6.07, 6.45) is 79.5. The Kier molecular flexibility index (Phi) is 65.1. The third-order valence-corrected chi connectivity index (χ3v) is 16.3. The molecule has 0 amide bonds. The third kappa shape index (κ3) is 64.9. The predicted octanol–water partition coefficient (Wildman–Crippen LogP) is 24.0. The second kappa shape index (κ2) is 66.7. The normalized spacial score (nSPS) is 12.0. The minimum atomic E-state index is -0.770. The highest BCUT2D eigenvalue weighted by Crippen LogP contribution is 2.19. The zero-order valence-electron chi connectivity index (χ0n) is 52.5. The van der Waals surface area contributed by atoms with Crippen molar-refractivity contribution in [1.29, 1.82) is 0 Å². The molecule has 0 aromatic heterocycles. The topological polar surface area (TPSA) is 78.9 Å². The van der Waals surface area contributed by atoms with Gasteiger partial charge in [-0.3, -0.25) is 14.4 Å². The lowest BCUT2D eigenvalue weighted by atomic mass is 10.0. The van der Waals surface area contributed by atoms with Crippen molar-refractivity contribution in [3.8, 4) is 0 Å². The number of unbranched alkanes of at least 4 members (excludes halogenated alkanes) is 53. The zero-order chi connectivity index (χ0) is 55.7. The first-order valence-corrected chi connectivity index (χ1v) is 35.2. The smallest absolute Gasteiger partial charge is 0.306 e. The van der Waals surface area contributed by atoms with Gasteiger partial charge in [0.15, 0.2) is 6.10 Å². The van der Waals surface area contributed by atoms with Crippen LogP contribution in [0.3, 0.4) is 0 Å². The molecule has 0 saturated heterocycles. The molecule has 0 aliphatic carbocycles. The van der Waals surface area contributed by atoms with Crippen LogP contribution in [0.2, 0.25) is 0 Å². The first-order valence-electron chi connectivity index (χ1n) is 35.2. The van der Waals surface area contributed by atoms with E-state index in [0.29, 0.717) is 19.3 Å². The number of ether oxygens (including phenoxy) is 3. The van der Waals surface area contributed by atoms with Crippen LogP contribution in [0.5, 0.6) is 0 Å². The molecule has 0 aromatic rings. The standard InChI is InChI=1S/C71H136O6/c1-4-7-10-13-16-19-22-25-28-31-33-35-37-38-40-43-46-49-52-55-58-61-64-70(73)76-67-68(66-75-69(72)63-60-57-54-51-48-45-42-30-27-24-21-18-15-12-9-6-3)77-71(74)65-62-59-56-53-50-47-44-41-39-36-34-32-29-26-23-20-17-14-11-8-5-2/h30,42,68H,4-29,31-41,43-67H2,1-3H3/b42-30-. The third-order valence-electron chi connectivity index (χ3n) is 16.3. The van der Waals surface area contributed by atoms with Gasteiger partial charge in [-0.15, -0.1) is 0 Å². The summed E-state index contributed by atoms with van der Waals surface area (Å²) >= 11 is 0. The van der Waals surface area contributed by atoms with Crippen LogP contribution in [0.1, 0.15) is 406 Å². The van der Waals surface area contributed by atoms with Crippen LogP contribution in [-0.2, 0) is 28.6 Å². The van der Waals surface area contributed by atoms with Gasteiger partial charge in [0.1, 0.15) is 13.2 Å². The van der Waals surface area contributed by atoms with Crippen molar-refractivity contribution in [2.45, 2.75) is 412 Å². The van der Waals surface area contributed by atoms with Crippen LogP contribution in [0.15, 0.2) is 12.2 Å². The Labute approximate surface area is 481 Å². The molecule has 0 aliphatic heterocycles. The number of hydrogen-bond donors (Lipinski definition) is 0. The Morgan fingerprint density at radius 1 is 0.247 bits per heavy atom. The predicted molar refractivity (Wildman–Crippen MR) is 335 cm³/mol. The Bertz CT molecular complexity index is 1200. The Morgan fingerprint density at radius 2 is 0.429 bits per heavy atom. The fraction of sp³-hybridized carbons (Fsp3) is 0.930. The van der Waals surface area contributed by atoms with E-state index >= 15 is 0 Å². The SMILES string of the molecule is CCCCCCCCC/C=C\CCCCCCCC(=O)OCC(COC(=O)CCCCCCCCCCCCCCCCCCCCCCCC)OC(=O)CCCCCCCCCCCCCCCCCCCCCCC. The lowest BCUT2D eigenvalue weighted by Gasteiger charge is -2.18. The number of allylic oxidation sites excluding steroid dienone is 2. The monoisotopic (exact) mass is 1090 g/mol. The van der Waals surface area contributed by atoms with E-state index in [0.717, 1.165) is 64.2 Å². The summed E-state index contributed by atoms with van der Waals surface area (Å²) < 4.78 is 17.0. The van der Waals surface area contributed by atoms with Gasteiger partial charge in [0.25, 0.3) is 0 Å². The van der Waals surface area contributed by atoms with Gasteiger partial charge in [-0.25, -0.2) is 0 Å². The van der Waals surface area contributed by atoms with Crippen molar-refractivity contribution < 1.29 is 28.6 Å². The van der Waals surface area contributed by atoms with Gasteiger partial charge >= 0.3 is 17.9 Å². The molecule has 0 rings (SSSR count). The highest BCUT2D eigenvalue weighted by Gasteiger charge is 2.19. The summed E-state index contributed by atoms with van der Waals surface area (Å²) in [5, 5.41) is 0. The van der Waals surface area contributed by atoms with E-state index in [9.17, 15) is 14.4 Å². The van der Waals surface area contributed by atoms with Crippen LogP contribution in [0.25, 0.3) is 0 Å². The maximum atomic E-state index is 13.0. The van der Waals surface area contributed by atoms with Crippen molar-refractivity contribution in [2.75, 3.05) is 13.2 Å². The molecule has 1 unspecified atom stereocenters. The summed E-state index contributed by atoms with van der Waals surface area (Å²) in [6, 6.07) is 0. The van der Waals surface area contributed by atoms with E-state index in [2.05, 4.69) is 32.9 Å². The molecule has 6 nitrogen and oxygen atoms in total. The number of rotatable bonds is 66. The van der Waals surface area contributed by atoms with E-state index in [1.807, 2.05) is 0 Å². The molecule has 0 aliphatic rings. The molecule has 0 aromatic carbocycles. The van der Waals surface area contributed by atoms with Crippen molar-refractivity contribution in [3.63, 3.8) is 0 Å². The first kappa shape index (κ1) is 75.2. The molecule has 0 fully saturated rings. The molecule has 0 N–H and O–H groups in total. The van der Waals surface area contributed by atoms with Gasteiger partial charge in [0.2, 0.25) is 0 Å². The number of hydrogen-bond acceptors (Lipinski definition) is 6. The molecule has 0 spiro atoms. The van der Waals surface area contributed by atoms with Crippen LogP contribution in [-0.4, -0.2) is 37.2 Å². The summed E-state index contributed by atoms with van der Waals surface area (Å²) in [4.78, 5) is 38.4. The second-order valence-electron chi connectivity index (χ2n) is 24.2. The number of esters is 3. The molecule has 0 bridgehead atoms. The lowest BCUT2D eigenvalue weighted by molar-refractivity contribution is -0.167. The van der Waals surface area contributed by atoms with E-state index in [1.165, 1.54) is 302 Å². The van der Waals surface area contributed by atoms with Crippen molar-refractivity contribution in [2.24, 2.45) is 0 Å². The van der Waals surface area contributed by atoms with Gasteiger partial charge in [-0.1, -0.05) is 354 Å². The van der Waals surface area contributed by atoms with Crippen molar-refractivity contribution in [1.82, 2.24) is 0 Å². The molecule has 0 saturated carbocycles. The van der Waals surface area contributed by atoms with Crippen LogP contribution >= 0.6 is 0 Å². The number of carbonyl (C=O) groups excluding carboxylic acids is 3. The largest absolute Gasteiger partial charge is 0.462 e. The maximum Gasteiger partial charge on any atom is 0.306 e. The van der Waals surface area contributed by atoms with E-state index < -0.39 is 6.10 Å². The highest BCUT2D eigenvalue weighted by atomic mass is 16.6. The summed E-state index contributed by atoms with van der Waals surface area (Å²) in [7, 11) is 0. The molecule has 0 heterocycles. The van der Waals surface area contributed by atoms with Gasteiger partial charge in [-0.2, -0.15) is 0 Å². The molecule has 6 heteroatoms. The maximum absolute atomic E-state index is 13.0. The highest BCUT2D eigenvalue weighted by molar-refractivity contribution is 5.71. The average Bonchev–Trinajstić information content (AvgIpc) is 3.43. The molecular formula is C71H136O6. The Morgan fingerprint density at radius 3 is 0.649 bits per heavy atom. The average molecular weight is 1090 g/mol. The molecular weight excluding hydrogens is 949 g/mol. The van der Waals surface area contributed by atoms with Crippen molar-refractivity contribution >= 4 is 17.9 Å². The summed E-state index contributed by atoms with van der Waals surface area (Å²) in [6.45, 7) is 6.73. The van der Waals surface area contributed by atoms with E-state index in [4.69, 9.17) is 14.2 Å². The van der Waals surface area contributed by atoms with Crippen LogP contribution < -0.4 is 0 Å². The van der Waals surface area contributed by atoms with Crippen LogP contribution in [0, 0.1) is 0 Å². The van der Waals surface area contributed by atoms with E-state index in [-0.39, 0.29) is 31.1 Å². The molecule has 456 valence electrons. The quantitative estimate of drug-likeness (QED) is 0.0261. The summed E-state index contributed by atoms with van der Waals surface area (Å²) in [5.41, 5.74) is 0. The van der Waals surface area contributed by atoms with Gasteiger partial charge in [-0.05, 0) is 44.9 Å². The summed E-state index contributed by atoms with van der Waals surface area (Å²) in [5.74, 6) is -0.837. The first-order chi connectivity index (χ1) is 38.0. The Hall–Kier alpha value is -1.85. The van der Waals surface area contributed by atoms with Gasteiger partial charge < -0.3 is 14.2 Å². The lowest BCUT2D eigenvalue weighted by Crippen LogP contribution is -2.30. The molecule has 0 radical (unpaired) electrons. The fourth-order valence-electron chi connectivity index (χ4n) is 11.0. The molecule has 1 atom stereocenters. The van der Waals surface area contributed by atoms with Gasteiger partial charge in [0, 0.05) is 19.3 Å². The molecule has 77 heavy (non-hydrogen) atoms. The minimum absolute atomic E-state index is 0.0655. The Balaban J connectivity index is 4.27. The van der Waals surface area contributed by atoms with E-state index in [1.54, 1.807) is 0 Å². The number of carbonyl (C=O) groups is 3. The fourth-order valence-corrected chi connectivity index (χ4v) is 11.0. The van der Waals surface area contributed by atoms with Gasteiger partial charge in [0.05, 0.1) is 0 Å². The van der Waals surface area contributed by atoms with Crippen molar-refractivity contribution in [3.05, 3.63) is 12.2 Å².